The molecule has 0 radical (unpaired) electrons. The van der Waals surface area contributed by atoms with Crippen LogP contribution in [0.25, 0.3) is 0 Å². The summed E-state index contributed by atoms with van der Waals surface area (Å²) in [4.78, 5) is 2.31. The van der Waals surface area contributed by atoms with E-state index in [0.717, 1.165) is 31.6 Å². The van der Waals surface area contributed by atoms with Crippen LogP contribution in [0.3, 0.4) is 0 Å². The SMILES string of the molecule is FC(F)Oc1ccc([C@@H]2CN(CCC3OCCO3)CCO2)cc1. The quantitative estimate of drug-likeness (QED) is 0.802. The average Bonchev–Trinajstić information content (AvgIpc) is 3.07. The van der Waals surface area contributed by atoms with Crippen LogP contribution in [0.1, 0.15) is 18.1 Å². The second kappa shape index (κ2) is 8.01. The Labute approximate surface area is 134 Å². The Hall–Kier alpha value is -1.28. The smallest absolute Gasteiger partial charge is 0.387 e. The summed E-state index contributed by atoms with van der Waals surface area (Å²) in [6.07, 6.45) is 0.685. The van der Waals surface area contributed by atoms with Crippen molar-refractivity contribution in [1.29, 1.82) is 0 Å². The van der Waals surface area contributed by atoms with E-state index in [-0.39, 0.29) is 18.1 Å². The molecule has 2 fully saturated rings. The van der Waals surface area contributed by atoms with Crippen molar-refractivity contribution in [2.75, 3.05) is 39.5 Å². The van der Waals surface area contributed by atoms with E-state index in [2.05, 4.69) is 9.64 Å². The van der Waals surface area contributed by atoms with Gasteiger partial charge in [0.05, 0.1) is 25.9 Å². The highest BCUT2D eigenvalue weighted by atomic mass is 19.3. The minimum Gasteiger partial charge on any atom is -0.435 e. The molecule has 2 aliphatic rings. The molecule has 0 saturated carbocycles. The van der Waals surface area contributed by atoms with Gasteiger partial charge in [-0.25, -0.2) is 0 Å². The molecule has 0 bridgehead atoms. The first-order chi connectivity index (χ1) is 11.2. The summed E-state index contributed by atoms with van der Waals surface area (Å²) in [5, 5.41) is 0. The maximum absolute atomic E-state index is 12.2. The van der Waals surface area contributed by atoms with Gasteiger partial charge < -0.3 is 18.9 Å². The molecule has 0 aromatic heterocycles. The molecule has 2 saturated heterocycles. The summed E-state index contributed by atoms with van der Waals surface area (Å²) in [5.41, 5.74) is 0.963. The van der Waals surface area contributed by atoms with Crippen LogP contribution >= 0.6 is 0 Å². The molecule has 0 N–H and O–H groups in total. The first kappa shape index (κ1) is 16.6. The Morgan fingerprint density at radius 1 is 1.09 bits per heavy atom. The van der Waals surface area contributed by atoms with Gasteiger partial charge in [0.2, 0.25) is 0 Å². The highest BCUT2D eigenvalue weighted by molar-refractivity contribution is 5.29. The van der Waals surface area contributed by atoms with Gasteiger partial charge in [-0.3, -0.25) is 4.90 Å². The van der Waals surface area contributed by atoms with Gasteiger partial charge >= 0.3 is 6.61 Å². The molecule has 0 unspecified atom stereocenters. The number of alkyl halides is 2. The molecule has 2 heterocycles. The third kappa shape index (κ3) is 4.84. The molecule has 3 rings (SSSR count). The molecular formula is C16H21F2NO4. The Morgan fingerprint density at radius 3 is 2.52 bits per heavy atom. The van der Waals surface area contributed by atoms with Crippen molar-refractivity contribution in [3.8, 4) is 5.75 Å². The Bertz CT molecular complexity index is 479. The summed E-state index contributed by atoms with van der Waals surface area (Å²) in [6, 6.07) is 6.64. The molecule has 0 aliphatic carbocycles. The normalized spacial score (nSPS) is 23.5. The van der Waals surface area contributed by atoms with E-state index in [0.29, 0.717) is 19.8 Å². The first-order valence-corrected chi connectivity index (χ1v) is 7.82. The number of benzene rings is 1. The lowest BCUT2D eigenvalue weighted by Crippen LogP contribution is -2.39. The largest absolute Gasteiger partial charge is 0.435 e. The number of halogens is 2. The average molecular weight is 329 g/mol. The molecule has 0 amide bonds. The van der Waals surface area contributed by atoms with E-state index in [1.165, 1.54) is 0 Å². The summed E-state index contributed by atoms with van der Waals surface area (Å²) >= 11 is 0. The predicted octanol–water partition coefficient (Wildman–Crippen LogP) is 2.42. The standard InChI is InChI=1S/C16H21F2NO4/c17-16(18)23-13-3-1-12(2-4-13)14-11-19(7-8-20-14)6-5-15-21-9-10-22-15/h1-4,14-16H,5-11H2/t14-/m0/s1. The lowest BCUT2D eigenvalue weighted by atomic mass is 10.1. The van der Waals surface area contributed by atoms with Crippen LogP contribution in [0, 0.1) is 0 Å². The van der Waals surface area contributed by atoms with Crippen molar-refractivity contribution in [3.63, 3.8) is 0 Å². The summed E-state index contributed by atoms with van der Waals surface area (Å²) < 4.78 is 45.4. The van der Waals surface area contributed by atoms with Crippen molar-refractivity contribution in [3.05, 3.63) is 29.8 Å². The van der Waals surface area contributed by atoms with E-state index in [9.17, 15) is 8.78 Å². The first-order valence-electron chi connectivity index (χ1n) is 7.82. The van der Waals surface area contributed by atoms with Gasteiger partial charge in [0.15, 0.2) is 6.29 Å². The summed E-state index contributed by atoms with van der Waals surface area (Å²) in [7, 11) is 0. The van der Waals surface area contributed by atoms with E-state index in [4.69, 9.17) is 14.2 Å². The highest BCUT2D eigenvalue weighted by Gasteiger charge is 2.24. The van der Waals surface area contributed by atoms with Gasteiger partial charge in [0.25, 0.3) is 0 Å². The Morgan fingerprint density at radius 2 is 1.83 bits per heavy atom. The van der Waals surface area contributed by atoms with Gasteiger partial charge in [-0.05, 0) is 17.7 Å². The van der Waals surface area contributed by atoms with Crippen LogP contribution < -0.4 is 4.74 Å². The number of ether oxygens (including phenoxy) is 4. The lowest BCUT2D eigenvalue weighted by molar-refractivity contribution is -0.0674. The van der Waals surface area contributed by atoms with Crippen molar-refractivity contribution < 1.29 is 27.7 Å². The second-order valence-corrected chi connectivity index (χ2v) is 5.57. The van der Waals surface area contributed by atoms with E-state index < -0.39 is 6.61 Å². The number of hydrogen-bond donors (Lipinski definition) is 0. The fourth-order valence-corrected chi connectivity index (χ4v) is 2.83. The molecule has 0 spiro atoms. The third-order valence-electron chi connectivity index (χ3n) is 4.00. The summed E-state index contributed by atoms with van der Waals surface area (Å²) in [6.45, 7) is 1.70. The molecule has 7 heteroatoms. The summed E-state index contributed by atoms with van der Waals surface area (Å²) in [5.74, 6) is 0.159. The molecular weight excluding hydrogens is 308 g/mol. The Kier molecular flexibility index (Phi) is 5.77. The van der Waals surface area contributed by atoms with Gasteiger partial charge in [-0.1, -0.05) is 12.1 Å². The monoisotopic (exact) mass is 329 g/mol. The van der Waals surface area contributed by atoms with Gasteiger partial charge in [-0.15, -0.1) is 0 Å². The molecule has 128 valence electrons. The fourth-order valence-electron chi connectivity index (χ4n) is 2.83. The zero-order chi connectivity index (χ0) is 16.1. The third-order valence-corrected chi connectivity index (χ3v) is 4.00. The van der Waals surface area contributed by atoms with Gasteiger partial charge in [0, 0.05) is 26.1 Å². The fraction of sp³-hybridized carbons (Fsp3) is 0.625. The van der Waals surface area contributed by atoms with Gasteiger partial charge in [-0.2, -0.15) is 8.78 Å². The van der Waals surface area contributed by atoms with Crippen molar-refractivity contribution in [2.45, 2.75) is 25.4 Å². The van der Waals surface area contributed by atoms with Crippen LogP contribution in [0.5, 0.6) is 5.75 Å². The van der Waals surface area contributed by atoms with Crippen LogP contribution in [0.4, 0.5) is 8.78 Å². The number of rotatable bonds is 6. The van der Waals surface area contributed by atoms with Crippen molar-refractivity contribution >= 4 is 0 Å². The molecule has 5 nitrogen and oxygen atoms in total. The van der Waals surface area contributed by atoms with Crippen LogP contribution in [0.2, 0.25) is 0 Å². The highest BCUT2D eigenvalue weighted by Crippen LogP contribution is 2.25. The minimum absolute atomic E-state index is 0.0604. The topological polar surface area (TPSA) is 40.2 Å². The maximum atomic E-state index is 12.2. The van der Waals surface area contributed by atoms with Crippen molar-refractivity contribution in [2.24, 2.45) is 0 Å². The van der Waals surface area contributed by atoms with Crippen LogP contribution in [0.15, 0.2) is 24.3 Å². The number of hydrogen-bond acceptors (Lipinski definition) is 5. The van der Waals surface area contributed by atoms with Crippen LogP contribution in [-0.2, 0) is 14.2 Å². The van der Waals surface area contributed by atoms with Crippen LogP contribution in [-0.4, -0.2) is 57.3 Å². The molecule has 1 aromatic rings. The maximum Gasteiger partial charge on any atom is 0.387 e. The van der Waals surface area contributed by atoms with E-state index in [1.807, 2.05) is 0 Å². The second-order valence-electron chi connectivity index (χ2n) is 5.57. The number of nitrogens with zero attached hydrogens (tertiary/aromatic N) is 1. The molecule has 2 aliphatic heterocycles. The van der Waals surface area contributed by atoms with E-state index in [1.54, 1.807) is 24.3 Å². The zero-order valence-corrected chi connectivity index (χ0v) is 12.8. The van der Waals surface area contributed by atoms with E-state index >= 15 is 0 Å². The minimum atomic E-state index is -2.80. The zero-order valence-electron chi connectivity index (χ0n) is 12.8. The lowest BCUT2D eigenvalue weighted by Gasteiger charge is -2.33. The molecule has 1 aromatic carbocycles. The number of morpholine rings is 1. The molecule has 1 atom stereocenters. The molecule has 23 heavy (non-hydrogen) atoms. The predicted molar refractivity (Wildman–Crippen MR) is 78.5 cm³/mol. The Balaban J connectivity index is 1.51. The van der Waals surface area contributed by atoms with Crippen molar-refractivity contribution in [1.82, 2.24) is 4.90 Å². The van der Waals surface area contributed by atoms with Gasteiger partial charge in [0.1, 0.15) is 5.75 Å².